The molecule has 1 aromatic heterocycles. The molecule has 8 heteroatoms. The number of nitrogen functional groups attached to an aromatic ring is 1. The van der Waals surface area contributed by atoms with Crippen molar-refractivity contribution in [2.75, 3.05) is 10.5 Å². The Morgan fingerprint density at radius 2 is 1.95 bits per heavy atom. The van der Waals surface area contributed by atoms with Gasteiger partial charge in [-0.2, -0.15) is 0 Å². The standard InChI is InChI=1S/C13H16N4O3S/c1-8-3-4-9(5-11(8)14)16-21(19,20)10-6-12(13(15)18)17(2)7-10/h3-7,16H,14H2,1-2H3,(H2,15,18). The van der Waals surface area contributed by atoms with Gasteiger partial charge in [0, 0.05) is 18.9 Å². The number of nitrogens with two attached hydrogens (primary N) is 2. The van der Waals surface area contributed by atoms with Crippen LogP contribution in [0, 0.1) is 6.92 Å². The zero-order valence-corrected chi connectivity index (χ0v) is 12.4. The second-order valence-electron chi connectivity index (χ2n) is 4.71. The van der Waals surface area contributed by atoms with E-state index in [0.29, 0.717) is 11.4 Å². The number of benzene rings is 1. The number of rotatable bonds is 4. The van der Waals surface area contributed by atoms with E-state index in [4.69, 9.17) is 11.5 Å². The molecule has 0 saturated heterocycles. The molecule has 7 nitrogen and oxygen atoms in total. The quantitative estimate of drug-likeness (QED) is 0.724. The molecule has 5 N–H and O–H groups in total. The fourth-order valence-corrected chi connectivity index (χ4v) is 2.96. The first-order valence-corrected chi connectivity index (χ1v) is 7.54. The van der Waals surface area contributed by atoms with Crippen LogP contribution in [0.3, 0.4) is 0 Å². The second kappa shape index (κ2) is 5.13. The predicted molar refractivity (Wildman–Crippen MR) is 80.3 cm³/mol. The van der Waals surface area contributed by atoms with Gasteiger partial charge in [-0.15, -0.1) is 0 Å². The summed E-state index contributed by atoms with van der Waals surface area (Å²) in [4.78, 5) is 11.1. The van der Waals surface area contributed by atoms with E-state index in [1.165, 1.54) is 22.9 Å². The van der Waals surface area contributed by atoms with Crippen molar-refractivity contribution in [3.05, 3.63) is 41.7 Å². The molecule has 0 saturated carbocycles. The monoisotopic (exact) mass is 308 g/mol. The first kappa shape index (κ1) is 14.9. The summed E-state index contributed by atoms with van der Waals surface area (Å²) in [6.45, 7) is 1.82. The van der Waals surface area contributed by atoms with E-state index >= 15 is 0 Å². The van der Waals surface area contributed by atoms with Crippen LogP contribution < -0.4 is 16.2 Å². The van der Waals surface area contributed by atoms with E-state index in [1.54, 1.807) is 19.2 Å². The average Bonchev–Trinajstić information content (AvgIpc) is 2.77. The van der Waals surface area contributed by atoms with Crippen molar-refractivity contribution < 1.29 is 13.2 Å². The summed E-state index contributed by atoms with van der Waals surface area (Å²) in [5, 5.41) is 0. The Bertz CT molecular complexity index is 809. The van der Waals surface area contributed by atoms with Gasteiger partial charge in [0.25, 0.3) is 15.9 Å². The summed E-state index contributed by atoms with van der Waals surface area (Å²) in [6, 6.07) is 6.08. The molecule has 1 aromatic carbocycles. The predicted octanol–water partition coefficient (Wildman–Crippen LogP) is 0.815. The molecule has 0 fully saturated rings. The van der Waals surface area contributed by atoms with Gasteiger partial charge in [0.15, 0.2) is 0 Å². The Hall–Kier alpha value is -2.48. The van der Waals surface area contributed by atoms with Crippen LogP contribution in [0.4, 0.5) is 11.4 Å². The normalized spacial score (nSPS) is 11.3. The maximum atomic E-state index is 12.3. The molecule has 0 bridgehead atoms. The number of carbonyl (C=O) groups is 1. The van der Waals surface area contributed by atoms with Crippen LogP contribution in [-0.2, 0) is 17.1 Å². The minimum Gasteiger partial charge on any atom is -0.398 e. The number of nitrogens with zero attached hydrogens (tertiary/aromatic N) is 1. The fraction of sp³-hybridized carbons (Fsp3) is 0.154. The summed E-state index contributed by atoms with van der Waals surface area (Å²) in [5.41, 5.74) is 12.7. The highest BCUT2D eigenvalue weighted by Crippen LogP contribution is 2.21. The molecule has 21 heavy (non-hydrogen) atoms. The molecule has 0 unspecified atom stereocenters. The summed E-state index contributed by atoms with van der Waals surface area (Å²) in [7, 11) is -2.27. The highest BCUT2D eigenvalue weighted by molar-refractivity contribution is 7.92. The van der Waals surface area contributed by atoms with Crippen LogP contribution in [0.5, 0.6) is 0 Å². The smallest absolute Gasteiger partial charge is 0.265 e. The van der Waals surface area contributed by atoms with Crippen LogP contribution in [0.25, 0.3) is 0 Å². The lowest BCUT2D eigenvalue weighted by molar-refractivity contribution is 0.0992. The molecule has 0 aliphatic carbocycles. The number of carbonyl (C=O) groups excluding carboxylic acids is 1. The maximum Gasteiger partial charge on any atom is 0.265 e. The van der Waals surface area contributed by atoms with Gasteiger partial charge in [-0.1, -0.05) is 6.07 Å². The second-order valence-corrected chi connectivity index (χ2v) is 6.40. The highest BCUT2D eigenvalue weighted by Gasteiger charge is 2.19. The number of nitrogens with one attached hydrogen (secondary N) is 1. The van der Waals surface area contributed by atoms with Crippen molar-refractivity contribution in [1.82, 2.24) is 4.57 Å². The highest BCUT2D eigenvalue weighted by atomic mass is 32.2. The molecule has 2 aromatic rings. The summed E-state index contributed by atoms with van der Waals surface area (Å²) in [6.07, 6.45) is 1.32. The molecule has 1 heterocycles. The van der Waals surface area contributed by atoms with Crippen LogP contribution in [0.1, 0.15) is 16.1 Å². The number of anilines is 2. The third-order valence-electron chi connectivity index (χ3n) is 3.07. The van der Waals surface area contributed by atoms with Crippen LogP contribution >= 0.6 is 0 Å². The van der Waals surface area contributed by atoms with Crippen molar-refractivity contribution >= 4 is 27.3 Å². The molecule has 112 valence electrons. The number of sulfonamides is 1. The van der Waals surface area contributed by atoms with Gasteiger partial charge in [0.1, 0.15) is 10.6 Å². The molecule has 0 radical (unpaired) electrons. The molecule has 2 rings (SSSR count). The number of aryl methyl sites for hydroxylation is 2. The summed E-state index contributed by atoms with van der Waals surface area (Å²) < 4.78 is 28.3. The molecule has 0 aliphatic heterocycles. The summed E-state index contributed by atoms with van der Waals surface area (Å²) >= 11 is 0. The van der Waals surface area contributed by atoms with Crippen LogP contribution in [0.15, 0.2) is 35.4 Å². The minimum absolute atomic E-state index is 0.0436. The first-order valence-electron chi connectivity index (χ1n) is 6.06. The minimum atomic E-state index is -3.81. The number of hydrogen-bond acceptors (Lipinski definition) is 4. The van der Waals surface area contributed by atoms with Gasteiger partial charge in [0.2, 0.25) is 0 Å². The number of primary amides is 1. The van der Waals surface area contributed by atoms with Crippen molar-refractivity contribution in [1.29, 1.82) is 0 Å². The third kappa shape index (κ3) is 3.00. The molecule has 1 amide bonds. The fourth-order valence-electron chi connectivity index (χ4n) is 1.84. The van der Waals surface area contributed by atoms with Gasteiger partial charge in [-0.25, -0.2) is 8.42 Å². The van der Waals surface area contributed by atoms with Gasteiger partial charge in [-0.3, -0.25) is 9.52 Å². The van der Waals surface area contributed by atoms with Gasteiger partial charge in [0.05, 0.1) is 5.69 Å². The van der Waals surface area contributed by atoms with Crippen molar-refractivity contribution in [2.45, 2.75) is 11.8 Å². The Balaban J connectivity index is 2.36. The number of amides is 1. The van der Waals surface area contributed by atoms with Crippen LogP contribution in [0.2, 0.25) is 0 Å². The lowest BCUT2D eigenvalue weighted by Gasteiger charge is -2.08. The SMILES string of the molecule is Cc1ccc(NS(=O)(=O)c2cc(C(N)=O)n(C)c2)cc1N. The zero-order chi connectivity index (χ0) is 15.8. The molecule has 0 spiro atoms. The maximum absolute atomic E-state index is 12.3. The Labute approximate surface area is 122 Å². The van der Waals surface area contributed by atoms with E-state index in [9.17, 15) is 13.2 Å². The largest absolute Gasteiger partial charge is 0.398 e. The first-order chi connectivity index (χ1) is 9.70. The Kier molecular flexibility index (Phi) is 3.65. The van der Waals surface area contributed by atoms with Gasteiger partial charge in [-0.05, 0) is 30.7 Å². The van der Waals surface area contributed by atoms with E-state index in [1.807, 2.05) is 6.92 Å². The van der Waals surface area contributed by atoms with Gasteiger partial charge < -0.3 is 16.0 Å². The molecule has 0 aliphatic rings. The lowest BCUT2D eigenvalue weighted by atomic mass is 10.2. The average molecular weight is 308 g/mol. The summed E-state index contributed by atoms with van der Waals surface area (Å²) in [5.74, 6) is -0.696. The van der Waals surface area contributed by atoms with Crippen molar-refractivity contribution in [3.63, 3.8) is 0 Å². The van der Waals surface area contributed by atoms with Crippen LogP contribution in [-0.4, -0.2) is 18.9 Å². The van der Waals surface area contributed by atoms with E-state index in [-0.39, 0.29) is 10.6 Å². The zero-order valence-electron chi connectivity index (χ0n) is 11.6. The third-order valence-corrected chi connectivity index (χ3v) is 4.42. The Morgan fingerprint density at radius 3 is 2.48 bits per heavy atom. The number of hydrogen-bond donors (Lipinski definition) is 3. The lowest BCUT2D eigenvalue weighted by Crippen LogP contribution is -2.14. The molecular weight excluding hydrogens is 292 g/mol. The van der Waals surface area contributed by atoms with E-state index in [0.717, 1.165) is 5.56 Å². The van der Waals surface area contributed by atoms with Crippen molar-refractivity contribution in [3.8, 4) is 0 Å². The van der Waals surface area contributed by atoms with E-state index < -0.39 is 15.9 Å². The van der Waals surface area contributed by atoms with Crippen molar-refractivity contribution in [2.24, 2.45) is 12.8 Å². The van der Waals surface area contributed by atoms with E-state index in [2.05, 4.69) is 4.72 Å². The number of aromatic nitrogens is 1. The molecular formula is C13H16N4O3S. The molecule has 0 atom stereocenters. The Morgan fingerprint density at radius 1 is 1.29 bits per heavy atom. The van der Waals surface area contributed by atoms with Gasteiger partial charge >= 0.3 is 0 Å². The topological polar surface area (TPSA) is 120 Å².